The third-order valence-electron chi connectivity index (χ3n) is 3.99. The van der Waals surface area contributed by atoms with E-state index in [-0.39, 0.29) is 22.8 Å². The minimum absolute atomic E-state index is 0.136. The maximum atomic E-state index is 12.4. The highest BCUT2D eigenvalue weighted by Crippen LogP contribution is 2.23. The van der Waals surface area contributed by atoms with Crippen molar-refractivity contribution in [3.05, 3.63) is 84.9 Å². The van der Waals surface area contributed by atoms with Crippen molar-refractivity contribution in [3.8, 4) is 11.5 Å². The largest absolute Gasteiger partial charge is 0.457 e. The van der Waals surface area contributed by atoms with E-state index in [0.717, 1.165) is 11.4 Å². The second-order valence-electron chi connectivity index (χ2n) is 6.30. The van der Waals surface area contributed by atoms with E-state index >= 15 is 0 Å². The zero-order valence-corrected chi connectivity index (χ0v) is 16.8. The molecule has 0 radical (unpaired) electrons. The molecule has 0 bridgehead atoms. The summed E-state index contributed by atoms with van der Waals surface area (Å²) < 4.78 is 5.74. The van der Waals surface area contributed by atoms with Crippen molar-refractivity contribution >= 4 is 35.0 Å². The zero-order chi connectivity index (χ0) is 20.5. The lowest BCUT2D eigenvalue weighted by Gasteiger charge is -2.13. The second-order valence-corrected chi connectivity index (χ2v) is 7.63. The van der Waals surface area contributed by atoms with Gasteiger partial charge in [-0.1, -0.05) is 36.4 Å². The number of carbonyl (C=O) groups excluding carboxylic acids is 2. The van der Waals surface area contributed by atoms with E-state index in [1.165, 1.54) is 11.8 Å². The molecule has 0 aliphatic heterocycles. The second kappa shape index (κ2) is 10.3. The lowest BCUT2D eigenvalue weighted by molar-refractivity contribution is -0.115. The van der Waals surface area contributed by atoms with Crippen LogP contribution in [0.3, 0.4) is 0 Å². The minimum atomic E-state index is -0.364. The molecule has 0 aromatic heterocycles. The van der Waals surface area contributed by atoms with Crippen LogP contribution in [-0.2, 0) is 9.59 Å². The average Bonchev–Trinajstić information content (AvgIpc) is 2.75. The van der Waals surface area contributed by atoms with Gasteiger partial charge in [0.2, 0.25) is 11.8 Å². The molecule has 2 amide bonds. The van der Waals surface area contributed by atoms with Gasteiger partial charge in [0, 0.05) is 11.4 Å². The summed E-state index contributed by atoms with van der Waals surface area (Å²) in [5, 5.41) is 5.30. The first kappa shape index (κ1) is 20.5. The van der Waals surface area contributed by atoms with Crippen molar-refractivity contribution in [1.29, 1.82) is 0 Å². The van der Waals surface area contributed by atoms with Gasteiger partial charge in [-0.15, -0.1) is 11.8 Å². The Morgan fingerprint density at radius 3 is 2.00 bits per heavy atom. The lowest BCUT2D eigenvalue weighted by atomic mass is 10.3. The Bertz CT molecular complexity index is 931. The van der Waals surface area contributed by atoms with E-state index in [2.05, 4.69) is 10.6 Å². The van der Waals surface area contributed by atoms with Crippen LogP contribution in [0.4, 0.5) is 11.4 Å². The fourth-order valence-corrected chi connectivity index (χ4v) is 3.15. The van der Waals surface area contributed by atoms with Crippen LogP contribution >= 0.6 is 11.8 Å². The molecule has 1 atom stereocenters. The summed E-state index contributed by atoms with van der Waals surface area (Å²) in [7, 11) is 0. The summed E-state index contributed by atoms with van der Waals surface area (Å²) in [5.74, 6) is 1.35. The Balaban J connectivity index is 1.44. The van der Waals surface area contributed by atoms with E-state index in [4.69, 9.17) is 4.74 Å². The number of para-hydroxylation sites is 2. The summed E-state index contributed by atoms with van der Waals surface area (Å²) in [4.78, 5) is 24.4. The number of hydrogen-bond donors (Lipinski definition) is 2. The number of thioether (sulfide) groups is 1. The molecule has 29 heavy (non-hydrogen) atoms. The third kappa shape index (κ3) is 6.69. The quantitative estimate of drug-likeness (QED) is 0.541. The first-order chi connectivity index (χ1) is 14.1. The van der Waals surface area contributed by atoms with Gasteiger partial charge in [-0.3, -0.25) is 9.59 Å². The van der Waals surface area contributed by atoms with Crippen molar-refractivity contribution in [2.75, 3.05) is 16.4 Å². The summed E-state index contributed by atoms with van der Waals surface area (Å²) in [5.41, 5.74) is 1.42. The van der Waals surface area contributed by atoms with Crippen molar-refractivity contribution in [2.24, 2.45) is 0 Å². The van der Waals surface area contributed by atoms with Crippen molar-refractivity contribution in [3.63, 3.8) is 0 Å². The van der Waals surface area contributed by atoms with E-state index in [1.54, 1.807) is 31.2 Å². The highest BCUT2D eigenvalue weighted by molar-refractivity contribution is 8.01. The standard InChI is InChI=1S/C23H22N2O3S/c1-17(29-16-22(26)24-18-8-4-2-5-9-18)23(27)25-19-12-14-21(15-13-19)28-20-10-6-3-7-11-20/h2-15,17H,16H2,1H3,(H,24,26)(H,25,27). The molecular weight excluding hydrogens is 384 g/mol. The Morgan fingerprint density at radius 2 is 1.34 bits per heavy atom. The maximum Gasteiger partial charge on any atom is 0.237 e. The molecule has 148 valence electrons. The van der Waals surface area contributed by atoms with Crippen LogP contribution in [0.25, 0.3) is 0 Å². The number of nitrogens with one attached hydrogen (secondary N) is 2. The van der Waals surface area contributed by atoms with Crippen LogP contribution in [-0.4, -0.2) is 22.8 Å². The number of carbonyl (C=O) groups is 2. The molecule has 2 N–H and O–H groups in total. The van der Waals surface area contributed by atoms with Crippen LogP contribution in [0.15, 0.2) is 84.9 Å². The molecule has 3 rings (SSSR count). The van der Waals surface area contributed by atoms with Crippen molar-refractivity contribution in [2.45, 2.75) is 12.2 Å². The normalized spacial score (nSPS) is 11.3. The molecule has 5 nitrogen and oxygen atoms in total. The van der Waals surface area contributed by atoms with Crippen LogP contribution in [0.2, 0.25) is 0 Å². The number of ether oxygens (including phenoxy) is 1. The van der Waals surface area contributed by atoms with Crippen LogP contribution in [0.5, 0.6) is 11.5 Å². The highest BCUT2D eigenvalue weighted by Gasteiger charge is 2.15. The van der Waals surface area contributed by atoms with Gasteiger partial charge in [-0.05, 0) is 55.5 Å². The summed E-state index contributed by atoms with van der Waals surface area (Å²) >= 11 is 1.29. The topological polar surface area (TPSA) is 67.4 Å². The predicted octanol–water partition coefficient (Wildman–Crippen LogP) is 5.18. The molecule has 0 aliphatic rings. The first-order valence-electron chi connectivity index (χ1n) is 9.20. The number of benzene rings is 3. The molecule has 0 saturated heterocycles. The van der Waals surface area contributed by atoms with Gasteiger partial charge in [-0.25, -0.2) is 0 Å². The van der Waals surface area contributed by atoms with E-state index < -0.39 is 0 Å². The van der Waals surface area contributed by atoms with Crippen molar-refractivity contribution in [1.82, 2.24) is 0 Å². The molecule has 0 aliphatic carbocycles. The summed E-state index contributed by atoms with van der Waals surface area (Å²) in [6.07, 6.45) is 0. The van der Waals surface area contributed by atoms with Gasteiger partial charge in [0.1, 0.15) is 11.5 Å². The monoisotopic (exact) mass is 406 g/mol. The fraction of sp³-hybridized carbons (Fsp3) is 0.130. The van der Waals surface area contributed by atoms with Crippen LogP contribution in [0, 0.1) is 0 Å². The van der Waals surface area contributed by atoms with Crippen LogP contribution in [0.1, 0.15) is 6.92 Å². The Hall–Kier alpha value is -3.25. The van der Waals surface area contributed by atoms with Gasteiger partial charge < -0.3 is 15.4 Å². The van der Waals surface area contributed by atoms with Crippen LogP contribution < -0.4 is 15.4 Å². The Kier molecular flexibility index (Phi) is 7.30. The number of rotatable bonds is 8. The van der Waals surface area contributed by atoms with E-state index in [1.807, 2.05) is 60.7 Å². The maximum absolute atomic E-state index is 12.4. The zero-order valence-electron chi connectivity index (χ0n) is 16.0. The smallest absolute Gasteiger partial charge is 0.237 e. The summed E-state index contributed by atoms with van der Waals surface area (Å²) in [6, 6.07) is 25.9. The molecule has 0 heterocycles. The van der Waals surface area contributed by atoms with Gasteiger partial charge in [0.15, 0.2) is 0 Å². The van der Waals surface area contributed by atoms with Gasteiger partial charge in [0.05, 0.1) is 11.0 Å². The van der Waals surface area contributed by atoms with E-state index in [9.17, 15) is 9.59 Å². The number of amides is 2. The summed E-state index contributed by atoms with van der Waals surface area (Å²) in [6.45, 7) is 1.78. The predicted molar refractivity (Wildman–Crippen MR) is 119 cm³/mol. The molecule has 0 saturated carbocycles. The van der Waals surface area contributed by atoms with Crippen molar-refractivity contribution < 1.29 is 14.3 Å². The molecule has 6 heteroatoms. The molecule has 3 aromatic carbocycles. The fourth-order valence-electron chi connectivity index (χ4n) is 2.47. The van der Waals surface area contributed by atoms with Gasteiger partial charge in [0.25, 0.3) is 0 Å². The SMILES string of the molecule is CC(SCC(=O)Nc1ccccc1)C(=O)Nc1ccc(Oc2ccccc2)cc1. The first-order valence-corrected chi connectivity index (χ1v) is 10.3. The number of anilines is 2. The average molecular weight is 407 g/mol. The lowest BCUT2D eigenvalue weighted by Crippen LogP contribution is -2.25. The molecular formula is C23H22N2O3S. The van der Waals surface area contributed by atoms with Gasteiger partial charge in [-0.2, -0.15) is 0 Å². The highest BCUT2D eigenvalue weighted by atomic mass is 32.2. The molecule has 1 unspecified atom stereocenters. The van der Waals surface area contributed by atoms with Gasteiger partial charge >= 0.3 is 0 Å². The van der Waals surface area contributed by atoms with E-state index in [0.29, 0.717) is 11.4 Å². The minimum Gasteiger partial charge on any atom is -0.457 e. The Morgan fingerprint density at radius 1 is 0.793 bits per heavy atom. The molecule has 0 fully saturated rings. The molecule has 0 spiro atoms. The molecule has 3 aromatic rings. The number of hydrogen-bond acceptors (Lipinski definition) is 4. The Labute approximate surface area is 174 Å². The third-order valence-corrected chi connectivity index (χ3v) is 5.13.